The van der Waals surface area contributed by atoms with Crippen LogP contribution >= 0.6 is 50.7 Å². The summed E-state index contributed by atoms with van der Waals surface area (Å²) in [5.41, 5.74) is 1.88. The second-order valence-electron chi connectivity index (χ2n) is 6.24. The number of nitrogens with one attached hydrogen (secondary N) is 1. The molecular formula is C21H12BrCl3N4O. The van der Waals surface area contributed by atoms with Gasteiger partial charge in [-0.15, -0.1) is 5.10 Å². The van der Waals surface area contributed by atoms with Crippen LogP contribution in [0.1, 0.15) is 10.6 Å². The quantitative estimate of drug-likeness (QED) is 0.317. The van der Waals surface area contributed by atoms with Crippen LogP contribution in [-0.2, 0) is 0 Å². The van der Waals surface area contributed by atoms with Gasteiger partial charge in [0, 0.05) is 20.1 Å². The highest BCUT2D eigenvalue weighted by Gasteiger charge is 2.20. The van der Waals surface area contributed by atoms with Gasteiger partial charge in [-0.2, -0.15) is 0 Å². The number of amides is 1. The predicted molar refractivity (Wildman–Crippen MR) is 124 cm³/mol. The first kappa shape index (κ1) is 20.9. The number of carbonyl (C=O) groups is 1. The number of hydrogen-bond donors (Lipinski definition) is 1. The maximum Gasteiger partial charge on any atom is 0.295 e. The molecule has 1 heterocycles. The van der Waals surface area contributed by atoms with E-state index >= 15 is 0 Å². The Bertz CT molecular complexity index is 1240. The van der Waals surface area contributed by atoms with Crippen LogP contribution in [0.3, 0.4) is 0 Å². The van der Waals surface area contributed by atoms with Crippen molar-refractivity contribution < 1.29 is 4.79 Å². The van der Waals surface area contributed by atoms with E-state index in [9.17, 15) is 4.79 Å². The number of rotatable bonds is 4. The Labute approximate surface area is 195 Å². The fourth-order valence-electron chi connectivity index (χ4n) is 2.75. The van der Waals surface area contributed by atoms with Crippen molar-refractivity contribution >= 4 is 62.3 Å². The van der Waals surface area contributed by atoms with Crippen molar-refractivity contribution in [3.05, 3.63) is 92.1 Å². The summed E-state index contributed by atoms with van der Waals surface area (Å²) in [5, 5.41) is 8.48. The summed E-state index contributed by atoms with van der Waals surface area (Å²) in [6.45, 7) is 0. The van der Waals surface area contributed by atoms with Gasteiger partial charge in [-0.25, -0.2) is 9.67 Å². The van der Waals surface area contributed by atoms with E-state index in [2.05, 4.69) is 31.3 Å². The number of aromatic nitrogens is 3. The van der Waals surface area contributed by atoms with Gasteiger partial charge in [0.15, 0.2) is 5.82 Å². The lowest BCUT2D eigenvalue weighted by molar-refractivity contribution is 0.101. The minimum Gasteiger partial charge on any atom is -0.318 e. The minimum atomic E-state index is -0.502. The topological polar surface area (TPSA) is 59.8 Å². The van der Waals surface area contributed by atoms with Crippen LogP contribution in [0.2, 0.25) is 15.1 Å². The molecule has 3 aromatic carbocycles. The van der Waals surface area contributed by atoms with Crippen LogP contribution in [0, 0.1) is 0 Å². The Kier molecular flexibility index (Phi) is 6.11. The standard InChI is InChI=1S/C21H12BrCl3N4O/c22-13-4-7-16(8-5-13)29-20(12-2-1-3-14(23)10-12)27-19(28-29)21(30)26-18-9-6-15(24)11-17(18)25/h1-11H,(H,26,30). The van der Waals surface area contributed by atoms with Crippen LogP contribution in [0.25, 0.3) is 17.1 Å². The highest BCUT2D eigenvalue weighted by Crippen LogP contribution is 2.27. The Hall–Kier alpha value is -2.38. The van der Waals surface area contributed by atoms with Crippen LogP contribution in [0.15, 0.2) is 71.2 Å². The van der Waals surface area contributed by atoms with Crippen LogP contribution in [0.4, 0.5) is 5.69 Å². The number of anilines is 1. The number of nitrogens with zero attached hydrogens (tertiary/aromatic N) is 3. The average molecular weight is 523 g/mol. The zero-order valence-corrected chi connectivity index (χ0v) is 19.0. The molecule has 0 saturated heterocycles. The largest absolute Gasteiger partial charge is 0.318 e. The fourth-order valence-corrected chi connectivity index (χ4v) is 3.66. The van der Waals surface area contributed by atoms with Crippen LogP contribution < -0.4 is 5.32 Å². The van der Waals surface area contributed by atoms with E-state index in [4.69, 9.17) is 34.8 Å². The SMILES string of the molecule is O=C(Nc1ccc(Cl)cc1Cl)c1nc(-c2cccc(Cl)c2)n(-c2ccc(Br)cc2)n1. The maximum atomic E-state index is 12.8. The van der Waals surface area contributed by atoms with Gasteiger partial charge in [-0.1, -0.05) is 62.9 Å². The minimum absolute atomic E-state index is 0.0149. The molecule has 1 N–H and O–H groups in total. The molecule has 0 aliphatic heterocycles. The zero-order chi connectivity index (χ0) is 21.3. The molecule has 0 spiro atoms. The molecule has 150 valence electrons. The number of benzene rings is 3. The third-order valence-electron chi connectivity index (χ3n) is 4.14. The molecule has 0 aliphatic rings. The number of halogens is 4. The third-order valence-corrected chi connectivity index (χ3v) is 5.46. The summed E-state index contributed by atoms with van der Waals surface area (Å²) >= 11 is 21.6. The highest BCUT2D eigenvalue weighted by molar-refractivity contribution is 9.10. The van der Waals surface area contributed by atoms with E-state index in [1.807, 2.05) is 36.4 Å². The summed E-state index contributed by atoms with van der Waals surface area (Å²) < 4.78 is 2.52. The molecule has 1 amide bonds. The molecule has 0 radical (unpaired) electrons. The van der Waals surface area contributed by atoms with Crippen molar-refractivity contribution in [3.63, 3.8) is 0 Å². The van der Waals surface area contributed by atoms with Gasteiger partial charge in [-0.05, 0) is 54.6 Å². The van der Waals surface area contributed by atoms with E-state index in [-0.39, 0.29) is 5.82 Å². The number of carbonyl (C=O) groups excluding carboxylic acids is 1. The fraction of sp³-hybridized carbons (Fsp3) is 0. The van der Waals surface area contributed by atoms with Crippen LogP contribution in [0.5, 0.6) is 0 Å². The molecule has 30 heavy (non-hydrogen) atoms. The lowest BCUT2D eigenvalue weighted by atomic mass is 10.2. The summed E-state index contributed by atoms with van der Waals surface area (Å²) in [6, 6.07) is 19.5. The average Bonchev–Trinajstić information content (AvgIpc) is 3.16. The highest BCUT2D eigenvalue weighted by atomic mass is 79.9. The zero-order valence-electron chi connectivity index (χ0n) is 15.1. The third kappa shape index (κ3) is 4.52. The van der Waals surface area contributed by atoms with Gasteiger partial charge in [-0.3, -0.25) is 4.79 Å². The van der Waals surface area contributed by atoms with Gasteiger partial charge >= 0.3 is 0 Å². The van der Waals surface area contributed by atoms with Crippen molar-refractivity contribution in [2.45, 2.75) is 0 Å². The van der Waals surface area contributed by atoms with Crippen molar-refractivity contribution in [3.8, 4) is 17.1 Å². The van der Waals surface area contributed by atoms with E-state index in [0.717, 1.165) is 15.7 Å². The lowest BCUT2D eigenvalue weighted by Gasteiger charge is -2.06. The molecule has 0 fully saturated rings. The second kappa shape index (κ2) is 8.78. The molecule has 1 aromatic heterocycles. The molecule has 0 saturated carbocycles. The Morgan fingerprint density at radius 2 is 1.67 bits per heavy atom. The van der Waals surface area contributed by atoms with Gasteiger partial charge in [0.1, 0.15) is 0 Å². The molecule has 9 heteroatoms. The first-order valence-electron chi connectivity index (χ1n) is 8.66. The van der Waals surface area contributed by atoms with Crippen molar-refractivity contribution in [1.82, 2.24) is 14.8 Å². The molecule has 4 rings (SSSR count). The summed E-state index contributed by atoms with van der Waals surface area (Å²) in [6.07, 6.45) is 0. The Balaban J connectivity index is 1.76. The van der Waals surface area contributed by atoms with Gasteiger partial charge in [0.05, 0.1) is 16.4 Å². The van der Waals surface area contributed by atoms with Gasteiger partial charge in [0.25, 0.3) is 5.91 Å². The van der Waals surface area contributed by atoms with Crippen molar-refractivity contribution in [2.75, 3.05) is 5.32 Å². The Morgan fingerprint density at radius 1 is 0.933 bits per heavy atom. The van der Waals surface area contributed by atoms with Crippen molar-refractivity contribution in [2.24, 2.45) is 0 Å². The first-order chi connectivity index (χ1) is 14.4. The lowest BCUT2D eigenvalue weighted by Crippen LogP contribution is -2.14. The molecule has 0 bridgehead atoms. The van der Waals surface area contributed by atoms with Crippen LogP contribution in [-0.4, -0.2) is 20.7 Å². The molecule has 0 unspecified atom stereocenters. The molecule has 5 nitrogen and oxygen atoms in total. The maximum absolute atomic E-state index is 12.8. The van der Waals surface area contributed by atoms with E-state index < -0.39 is 5.91 Å². The van der Waals surface area contributed by atoms with Gasteiger partial charge in [0.2, 0.25) is 5.82 Å². The number of hydrogen-bond acceptors (Lipinski definition) is 3. The van der Waals surface area contributed by atoms with E-state index in [1.54, 1.807) is 35.0 Å². The summed E-state index contributed by atoms with van der Waals surface area (Å²) in [4.78, 5) is 17.3. The summed E-state index contributed by atoms with van der Waals surface area (Å²) in [5.74, 6) is -0.0375. The van der Waals surface area contributed by atoms with Gasteiger partial charge < -0.3 is 5.32 Å². The van der Waals surface area contributed by atoms with E-state index in [1.165, 1.54) is 0 Å². The molecular weight excluding hydrogens is 511 g/mol. The molecule has 4 aromatic rings. The summed E-state index contributed by atoms with van der Waals surface area (Å²) in [7, 11) is 0. The van der Waals surface area contributed by atoms with E-state index in [0.29, 0.717) is 26.6 Å². The first-order valence-corrected chi connectivity index (χ1v) is 10.6. The molecule has 0 aliphatic carbocycles. The molecule has 0 atom stereocenters. The normalized spacial score (nSPS) is 10.8. The monoisotopic (exact) mass is 520 g/mol. The smallest absolute Gasteiger partial charge is 0.295 e. The predicted octanol–water partition coefficient (Wildman–Crippen LogP) is 6.91. The Morgan fingerprint density at radius 3 is 2.37 bits per heavy atom. The second-order valence-corrected chi connectivity index (χ2v) is 8.43. The van der Waals surface area contributed by atoms with Crippen molar-refractivity contribution in [1.29, 1.82) is 0 Å².